The topological polar surface area (TPSA) is 495 Å². The third-order valence-corrected chi connectivity index (χ3v) is 17.7. The van der Waals surface area contributed by atoms with Crippen molar-refractivity contribution in [3.05, 3.63) is 184 Å². The summed E-state index contributed by atoms with van der Waals surface area (Å²) in [6.07, 6.45) is -0.382. The number of aromatic hydroxyl groups is 1. The standard InChI is InChI=1S/C74H92ClN17O13/c1-43(84-68(101)62-22-13-35-91(62)70(103)54(76)20-11-33-82-73(78)79)69(102)92(71(104)59(85-44(2)94)41-49-23-28-50-18-9-10-19-51(50)36-49)72(105)60(40-46-16-7-4-8-17-46)89-64(97)56(21-12-34-83-74(80)81)86-65(98)58(39-48-26-31-53(95)32-27-48)88-67(100)61(42-93)90-66(99)57(38-45-14-5-3-6-15-45)87-63(96)55(77)37-47-24-29-52(75)30-25-47/h3-10,14-19,23-32,36,43,54-62,93,95H,11-13,20-22,33-35,37-42,76-77H2,1-2H3,(H,84,101)(H,85,94)(H,86,98)(H,87,96)(H,88,100)(H,89,97)(H,90,99)(H4,78,79,82)(H4,80,81,83)/t43-,54+,55-,56-,57-,58+,59-,60+,61+,62+/m1/s1. The fourth-order valence-electron chi connectivity index (χ4n) is 11.9. The SMILES string of the molecule is CC(=O)N[C@H](Cc1ccc2ccccc2c1)C(=O)N(C(=O)[C@H](Cc1ccccc1)NC(=O)[C@@H](CCCNC(=N)N)NC(=O)[C@H](Cc1ccc(O)cc1)NC(=O)[C@H](CO)NC(=O)[C@@H](Cc1ccccc1)NC(=O)[C@H](N)Cc1ccc(Cl)cc1)C(=O)[C@@H](C)NC(=O)[C@@H]1CCCN1C(=O)[C@@H](N)CCCNC(=N)N. The molecule has 0 aliphatic carbocycles. The van der Waals surface area contributed by atoms with Gasteiger partial charge in [-0.1, -0.05) is 139 Å². The largest absolute Gasteiger partial charge is 0.508 e. The van der Waals surface area contributed by atoms with Crippen molar-refractivity contribution in [1.29, 1.82) is 10.8 Å². The molecule has 1 aliphatic heterocycles. The maximum Gasteiger partial charge on any atom is 0.259 e. The van der Waals surface area contributed by atoms with Crippen molar-refractivity contribution in [3.63, 3.8) is 0 Å². The number of aliphatic hydroxyl groups is 1. The molecule has 30 nitrogen and oxygen atoms in total. The minimum Gasteiger partial charge on any atom is -0.508 e. The van der Waals surface area contributed by atoms with Gasteiger partial charge in [-0.2, -0.15) is 0 Å². The number of benzene rings is 6. The highest BCUT2D eigenvalue weighted by molar-refractivity contribution is 6.30. The number of carbonyl (C=O) groups excluding carboxylic acids is 11. The van der Waals surface area contributed by atoms with Gasteiger partial charge in [-0.25, -0.2) is 4.90 Å². The summed E-state index contributed by atoms with van der Waals surface area (Å²) in [5.41, 5.74) is 26.1. The lowest BCUT2D eigenvalue weighted by Gasteiger charge is -2.32. The molecule has 7 rings (SSSR count). The Labute approximate surface area is 612 Å². The number of phenolic OH excluding ortho intramolecular Hbond substituents is 1. The normalized spacial score (nSPS) is 15.1. The Balaban J connectivity index is 1.20. The van der Waals surface area contributed by atoms with Gasteiger partial charge < -0.3 is 85.9 Å². The number of hydrogen-bond acceptors (Lipinski definition) is 17. The van der Waals surface area contributed by atoms with Crippen molar-refractivity contribution in [2.75, 3.05) is 26.2 Å². The summed E-state index contributed by atoms with van der Waals surface area (Å²) >= 11 is 6.06. The maximum absolute atomic E-state index is 15.9. The zero-order valence-electron chi connectivity index (χ0n) is 58.3. The summed E-state index contributed by atoms with van der Waals surface area (Å²) in [5, 5.41) is 61.8. The number of phenols is 1. The van der Waals surface area contributed by atoms with Gasteiger partial charge in [-0.15, -0.1) is 0 Å². The predicted octanol–water partition coefficient (Wildman–Crippen LogP) is 0.192. The summed E-state index contributed by atoms with van der Waals surface area (Å²) in [6, 6.07) is 26.2. The second kappa shape index (κ2) is 39.9. The second-order valence-electron chi connectivity index (χ2n) is 25.7. The summed E-state index contributed by atoms with van der Waals surface area (Å²) in [7, 11) is 0. The highest BCUT2D eigenvalue weighted by Crippen LogP contribution is 2.23. The van der Waals surface area contributed by atoms with Gasteiger partial charge in [-0.05, 0) is 115 Å². The van der Waals surface area contributed by atoms with E-state index < -0.39 is 144 Å². The van der Waals surface area contributed by atoms with Crippen LogP contribution in [0.3, 0.4) is 0 Å². The lowest BCUT2D eigenvalue weighted by Crippen LogP contribution is -2.63. The smallest absolute Gasteiger partial charge is 0.259 e. The molecular formula is C74H92ClN17O13. The van der Waals surface area contributed by atoms with Gasteiger partial charge in [0.15, 0.2) is 11.9 Å². The molecule has 105 heavy (non-hydrogen) atoms. The van der Waals surface area contributed by atoms with Gasteiger partial charge in [0.1, 0.15) is 54.1 Å². The molecule has 1 saturated heterocycles. The molecule has 6 aromatic rings. The van der Waals surface area contributed by atoms with Crippen LogP contribution < -0.4 is 70.8 Å². The van der Waals surface area contributed by atoms with Crippen LogP contribution in [-0.4, -0.2) is 184 Å². The molecule has 0 aromatic heterocycles. The van der Waals surface area contributed by atoms with E-state index in [1.165, 1.54) is 36.1 Å². The van der Waals surface area contributed by atoms with Crippen LogP contribution in [0.15, 0.2) is 152 Å². The van der Waals surface area contributed by atoms with Crippen LogP contribution in [0.5, 0.6) is 5.75 Å². The fraction of sp³-hybridized carbons (Fsp3) is 0.365. The second-order valence-corrected chi connectivity index (χ2v) is 26.1. The monoisotopic (exact) mass is 1460 g/mol. The highest BCUT2D eigenvalue weighted by Gasteiger charge is 2.44. The molecule has 21 N–H and O–H groups in total. The zero-order chi connectivity index (χ0) is 76.3. The number of carbonyl (C=O) groups is 11. The van der Waals surface area contributed by atoms with E-state index in [1.807, 2.05) is 18.2 Å². The van der Waals surface area contributed by atoms with Crippen molar-refractivity contribution in [1.82, 2.24) is 57.7 Å². The Morgan fingerprint density at radius 3 is 1.53 bits per heavy atom. The van der Waals surface area contributed by atoms with Crippen LogP contribution in [-0.2, 0) is 84.8 Å². The number of nitrogens with zero attached hydrogens (tertiary/aromatic N) is 2. The molecule has 0 radical (unpaired) electrons. The number of fused-ring (bicyclic) bond motifs is 1. The van der Waals surface area contributed by atoms with Crippen molar-refractivity contribution >= 4 is 99.3 Å². The lowest BCUT2D eigenvalue weighted by atomic mass is 9.99. The molecule has 10 atom stereocenters. The number of guanidine groups is 2. The molecule has 1 fully saturated rings. The summed E-state index contributed by atoms with van der Waals surface area (Å²) in [6.45, 7) is 1.63. The Kier molecular flexibility index (Phi) is 30.8. The van der Waals surface area contributed by atoms with Crippen molar-refractivity contribution < 1.29 is 63.0 Å². The molecule has 6 aromatic carbocycles. The maximum atomic E-state index is 15.9. The number of imide groups is 3. The minimum absolute atomic E-state index is 0.0163. The Morgan fingerprint density at radius 1 is 0.514 bits per heavy atom. The number of hydrogen-bond donors (Lipinski definition) is 17. The molecule has 0 spiro atoms. The van der Waals surface area contributed by atoms with Gasteiger partial charge in [0.2, 0.25) is 47.3 Å². The van der Waals surface area contributed by atoms with Gasteiger partial charge in [0.05, 0.1) is 18.7 Å². The molecule has 31 heteroatoms. The lowest BCUT2D eigenvalue weighted by molar-refractivity contribution is -0.159. The van der Waals surface area contributed by atoms with E-state index in [0.29, 0.717) is 45.7 Å². The van der Waals surface area contributed by atoms with Gasteiger partial charge >= 0.3 is 0 Å². The zero-order valence-corrected chi connectivity index (χ0v) is 59.0. The van der Waals surface area contributed by atoms with Crippen LogP contribution >= 0.6 is 11.6 Å². The van der Waals surface area contributed by atoms with Crippen LogP contribution in [0.2, 0.25) is 5.02 Å². The van der Waals surface area contributed by atoms with Gasteiger partial charge in [0.25, 0.3) is 17.7 Å². The average Bonchev–Trinajstić information content (AvgIpc) is 1.52. The Hall–Kier alpha value is -11.3. The molecule has 11 amide bonds. The molecular weight excluding hydrogens is 1370 g/mol. The summed E-state index contributed by atoms with van der Waals surface area (Å²) in [5.74, 6) is -11.8. The summed E-state index contributed by atoms with van der Waals surface area (Å²) < 4.78 is 0. The van der Waals surface area contributed by atoms with E-state index in [0.717, 1.165) is 17.7 Å². The first-order valence-electron chi connectivity index (χ1n) is 34.4. The van der Waals surface area contributed by atoms with Crippen LogP contribution in [0.25, 0.3) is 10.8 Å². The van der Waals surface area contributed by atoms with Crippen molar-refractivity contribution in [3.8, 4) is 5.75 Å². The number of nitrogens with one attached hydrogen (secondary N) is 11. The third kappa shape index (κ3) is 25.0. The number of rotatable bonds is 36. The van der Waals surface area contributed by atoms with Crippen LogP contribution in [0, 0.1) is 10.8 Å². The van der Waals surface area contributed by atoms with Gasteiger partial charge in [-0.3, -0.25) is 63.6 Å². The van der Waals surface area contributed by atoms with Crippen LogP contribution in [0.1, 0.15) is 80.2 Å². The number of likely N-dealkylation sites (tertiary alicyclic amines) is 1. The fourth-order valence-corrected chi connectivity index (χ4v) is 12.1. The molecule has 0 unspecified atom stereocenters. The van der Waals surface area contributed by atoms with Crippen molar-refractivity contribution in [2.45, 2.75) is 145 Å². The third-order valence-electron chi connectivity index (χ3n) is 17.4. The van der Waals surface area contributed by atoms with E-state index in [1.54, 1.807) is 109 Å². The quantitative estimate of drug-likeness (QED) is 0.0142. The molecule has 1 heterocycles. The molecule has 0 bridgehead atoms. The molecule has 558 valence electrons. The van der Waals surface area contributed by atoms with Crippen LogP contribution in [0.4, 0.5) is 0 Å². The first kappa shape index (κ1) is 81.0. The Morgan fingerprint density at radius 2 is 0.962 bits per heavy atom. The average molecular weight is 1460 g/mol. The Bertz CT molecular complexity index is 4050. The number of aliphatic hydroxyl groups excluding tert-OH is 1. The number of halogens is 1. The van der Waals surface area contributed by atoms with E-state index in [9.17, 15) is 39.0 Å². The van der Waals surface area contributed by atoms with E-state index in [-0.39, 0.29) is 87.6 Å². The molecule has 1 aliphatic rings. The molecule has 0 saturated carbocycles. The van der Waals surface area contributed by atoms with Gasteiger partial charge in [0, 0.05) is 57.3 Å². The van der Waals surface area contributed by atoms with Crippen molar-refractivity contribution in [2.24, 2.45) is 22.9 Å². The summed E-state index contributed by atoms with van der Waals surface area (Å²) in [4.78, 5) is 163. The number of nitrogens with two attached hydrogens (primary N) is 4. The van der Waals surface area contributed by atoms with E-state index in [2.05, 4.69) is 47.9 Å². The predicted molar refractivity (Wildman–Crippen MR) is 393 cm³/mol. The first-order valence-corrected chi connectivity index (χ1v) is 34.7. The minimum atomic E-state index is -1.89. The van der Waals surface area contributed by atoms with E-state index in [4.69, 9.17) is 45.4 Å². The highest BCUT2D eigenvalue weighted by atomic mass is 35.5. The number of amides is 11. The van der Waals surface area contributed by atoms with E-state index >= 15 is 24.0 Å². The first-order chi connectivity index (χ1) is 50.2.